The zero-order chi connectivity index (χ0) is 23.7. The van der Waals surface area contributed by atoms with Gasteiger partial charge in [-0.2, -0.15) is 0 Å². The molecule has 172 valence electrons. The van der Waals surface area contributed by atoms with E-state index in [-0.39, 0.29) is 23.6 Å². The summed E-state index contributed by atoms with van der Waals surface area (Å²) in [5.74, 6) is -0.570. The Morgan fingerprint density at radius 1 is 0.909 bits per heavy atom. The molecule has 3 aromatic carbocycles. The Bertz CT molecular complexity index is 1200. The molecule has 8 nitrogen and oxygen atoms in total. The molecule has 0 fully saturated rings. The first-order chi connectivity index (χ1) is 15.9. The molecule has 0 aliphatic heterocycles. The van der Waals surface area contributed by atoms with Crippen molar-refractivity contribution in [1.29, 1.82) is 0 Å². The second-order valence-electron chi connectivity index (χ2n) is 6.92. The van der Waals surface area contributed by atoms with Crippen molar-refractivity contribution in [2.75, 3.05) is 17.9 Å². The molecule has 0 radical (unpaired) electrons. The number of hydrogen-bond acceptors (Lipinski definition) is 6. The predicted molar refractivity (Wildman–Crippen MR) is 123 cm³/mol. The number of carbonyl (C=O) groups excluding carboxylic acids is 2. The summed E-state index contributed by atoms with van der Waals surface area (Å²) >= 11 is 0. The summed E-state index contributed by atoms with van der Waals surface area (Å²) in [7, 11) is -3.93. The van der Waals surface area contributed by atoms with Gasteiger partial charge >= 0.3 is 5.97 Å². The van der Waals surface area contributed by atoms with E-state index >= 15 is 0 Å². The van der Waals surface area contributed by atoms with Crippen LogP contribution < -0.4 is 14.8 Å². The van der Waals surface area contributed by atoms with Crippen molar-refractivity contribution < 1.29 is 27.5 Å². The fourth-order valence-electron chi connectivity index (χ4n) is 2.85. The van der Waals surface area contributed by atoms with Crippen LogP contribution in [-0.2, 0) is 26.2 Å². The fourth-order valence-corrected chi connectivity index (χ4v) is 3.95. The van der Waals surface area contributed by atoms with Gasteiger partial charge in [0.05, 0.1) is 11.5 Å². The average Bonchev–Trinajstić information content (AvgIpc) is 2.83. The normalized spacial score (nSPS) is 10.8. The number of ether oxygens (including phenoxy) is 2. The minimum atomic E-state index is -3.93. The summed E-state index contributed by atoms with van der Waals surface area (Å²) in [5.41, 5.74) is 1.28. The van der Waals surface area contributed by atoms with E-state index in [4.69, 9.17) is 9.47 Å². The summed E-state index contributed by atoms with van der Waals surface area (Å²) in [6.07, 6.45) is 0. The first-order valence-corrected chi connectivity index (χ1v) is 11.7. The van der Waals surface area contributed by atoms with E-state index in [0.717, 1.165) is 5.56 Å². The Morgan fingerprint density at radius 3 is 2.33 bits per heavy atom. The Hall–Kier alpha value is -3.85. The topological polar surface area (TPSA) is 111 Å². The van der Waals surface area contributed by atoms with Crippen LogP contribution in [0.2, 0.25) is 0 Å². The third-order valence-electron chi connectivity index (χ3n) is 4.46. The van der Waals surface area contributed by atoms with Crippen molar-refractivity contribution in [1.82, 2.24) is 5.32 Å². The Kier molecular flexibility index (Phi) is 8.04. The second kappa shape index (κ2) is 11.1. The number of rotatable bonds is 10. The van der Waals surface area contributed by atoms with Crippen LogP contribution in [0, 0.1) is 0 Å². The molecule has 0 spiro atoms. The summed E-state index contributed by atoms with van der Waals surface area (Å²) in [5, 5.41) is 2.44. The lowest BCUT2D eigenvalue weighted by molar-refractivity contribution is -0.143. The molecule has 3 rings (SSSR count). The number of hydrogen-bond donors (Lipinski definition) is 2. The maximum atomic E-state index is 12.7. The Balaban J connectivity index is 1.58. The van der Waals surface area contributed by atoms with Gasteiger partial charge in [0.25, 0.3) is 15.9 Å². The lowest BCUT2D eigenvalue weighted by Gasteiger charge is -2.11. The van der Waals surface area contributed by atoms with Gasteiger partial charge in [-0.05, 0) is 55.0 Å². The van der Waals surface area contributed by atoms with Gasteiger partial charge in [-0.25, -0.2) is 8.42 Å². The molecule has 0 unspecified atom stereocenters. The van der Waals surface area contributed by atoms with Crippen LogP contribution in [0.5, 0.6) is 5.75 Å². The van der Waals surface area contributed by atoms with Crippen LogP contribution in [0.3, 0.4) is 0 Å². The summed E-state index contributed by atoms with van der Waals surface area (Å²) in [4.78, 5) is 24.2. The van der Waals surface area contributed by atoms with Gasteiger partial charge in [0.15, 0.2) is 0 Å². The van der Waals surface area contributed by atoms with Crippen LogP contribution in [0.25, 0.3) is 0 Å². The number of sulfonamides is 1. The Morgan fingerprint density at radius 2 is 1.64 bits per heavy atom. The van der Waals surface area contributed by atoms with Crippen LogP contribution in [0.4, 0.5) is 5.69 Å². The summed E-state index contributed by atoms with van der Waals surface area (Å²) < 4.78 is 38.4. The molecule has 0 saturated carbocycles. The summed E-state index contributed by atoms with van der Waals surface area (Å²) in [6.45, 7) is 2.12. The molecule has 1 amide bonds. The van der Waals surface area contributed by atoms with Gasteiger partial charge in [0.2, 0.25) is 0 Å². The van der Waals surface area contributed by atoms with Crippen molar-refractivity contribution in [3.63, 3.8) is 0 Å². The zero-order valence-electron chi connectivity index (χ0n) is 18.0. The molecule has 0 bridgehead atoms. The number of anilines is 1. The minimum Gasteiger partial charge on any atom is -0.494 e. The molecule has 33 heavy (non-hydrogen) atoms. The van der Waals surface area contributed by atoms with Crippen LogP contribution in [0.15, 0.2) is 83.8 Å². The van der Waals surface area contributed by atoms with Crippen molar-refractivity contribution in [3.05, 3.63) is 90.0 Å². The number of carbonyl (C=O) groups is 2. The number of benzene rings is 3. The number of nitrogens with one attached hydrogen (secondary N) is 2. The standard InChI is InChI=1S/C24H24N2O6S/c1-2-31-21-13-11-20(12-14-21)26-33(29,30)22-10-6-9-19(15-22)24(28)25-16-23(27)32-17-18-7-4-3-5-8-18/h3-15,26H,2,16-17H2,1H3,(H,25,28). The maximum absolute atomic E-state index is 12.7. The highest BCUT2D eigenvalue weighted by Crippen LogP contribution is 2.20. The van der Waals surface area contributed by atoms with E-state index in [2.05, 4.69) is 10.0 Å². The number of esters is 1. The molecule has 0 atom stereocenters. The molecule has 9 heteroatoms. The van der Waals surface area contributed by atoms with Crippen molar-refractivity contribution in [3.8, 4) is 5.75 Å². The highest BCUT2D eigenvalue weighted by Gasteiger charge is 2.17. The monoisotopic (exact) mass is 468 g/mol. The van der Waals surface area contributed by atoms with E-state index < -0.39 is 21.9 Å². The molecule has 0 aliphatic rings. The lowest BCUT2D eigenvalue weighted by atomic mass is 10.2. The minimum absolute atomic E-state index is 0.0873. The third-order valence-corrected chi connectivity index (χ3v) is 5.84. The molecule has 3 aromatic rings. The van der Waals surface area contributed by atoms with E-state index in [1.165, 1.54) is 24.3 Å². The average molecular weight is 469 g/mol. The van der Waals surface area contributed by atoms with Crippen molar-refractivity contribution in [2.45, 2.75) is 18.4 Å². The van der Waals surface area contributed by atoms with Crippen LogP contribution in [0.1, 0.15) is 22.8 Å². The number of amides is 1. The van der Waals surface area contributed by atoms with Gasteiger partial charge in [-0.15, -0.1) is 0 Å². The van der Waals surface area contributed by atoms with Gasteiger partial charge in [0, 0.05) is 11.3 Å². The van der Waals surface area contributed by atoms with E-state index in [0.29, 0.717) is 18.0 Å². The highest BCUT2D eigenvalue weighted by molar-refractivity contribution is 7.92. The summed E-state index contributed by atoms with van der Waals surface area (Å²) in [6, 6.07) is 21.2. The molecule has 0 saturated heterocycles. The molecule has 0 aliphatic carbocycles. The smallest absolute Gasteiger partial charge is 0.325 e. The first kappa shape index (κ1) is 23.8. The molecule has 0 aromatic heterocycles. The molecular weight excluding hydrogens is 444 g/mol. The quantitative estimate of drug-likeness (QED) is 0.442. The van der Waals surface area contributed by atoms with Gasteiger partial charge < -0.3 is 14.8 Å². The second-order valence-corrected chi connectivity index (χ2v) is 8.60. The van der Waals surface area contributed by atoms with E-state index in [9.17, 15) is 18.0 Å². The SMILES string of the molecule is CCOc1ccc(NS(=O)(=O)c2cccc(C(=O)NCC(=O)OCc3ccccc3)c2)cc1. The largest absolute Gasteiger partial charge is 0.494 e. The maximum Gasteiger partial charge on any atom is 0.325 e. The van der Waals surface area contributed by atoms with Gasteiger partial charge in [-0.3, -0.25) is 14.3 Å². The van der Waals surface area contributed by atoms with Gasteiger partial charge in [0.1, 0.15) is 18.9 Å². The first-order valence-electron chi connectivity index (χ1n) is 10.2. The zero-order valence-corrected chi connectivity index (χ0v) is 18.8. The Labute approximate surface area is 192 Å². The van der Waals surface area contributed by atoms with Crippen molar-refractivity contribution in [2.24, 2.45) is 0 Å². The van der Waals surface area contributed by atoms with E-state index in [1.54, 1.807) is 24.3 Å². The van der Waals surface area contributed by atoms with Crippen LogP contribution >= 0.6 is 0 Å². The molecule has 0 heterocycles. The molecule has 2 N–H and O–H groups in total. The molecular formula is C24H24N2O6S. The van der Waals surface area contributed by atoms with Crippen molar-refractivity contribution >= 4 is 27.6 Å². The van der Waals surface area contributed by atoms with E-state index in [1.807, 2.05) is 37.3 Å². The van der Waals surface area contributed by atoms with Crippen LogP contribution in [-0.4, -0.2) is 33.4 Å². The van der Waals surface area contributed by atoms with Gasteiger partial charge in [-0.1, -0.05) is 36.4 Å². The third kappa shape index (κ3) is 7.08. The lowest BCUT2D eigenvalue weighted by Crippen LogP contribution is -2.30. The predicted octanol–water partition coefficient (Wildman–Crippen LogP) is 3.36. The fraction of sp³-hybridized carbons (Fsp3) is 0.167. The highest BCUT2D eigenvalue weighted by atomic mass is 32.2.